The second-order valence-corrected chi connectivity index (χ2v) is 8.64. The summed E-state index contributed by atoms with van der Waals surface area (Å²) < 4.78 is 13.2. The minimum absolute atomic E-state index is 0.114. The lowest BCUT2D eigenvalue weighted by Gasteiger charge is -2.42. The predicted molar refractivity (Wildman–Crippen MR) is 128 cm³/mol. The lowest BCUT2D eigenvalue weighted by molar-refractivity contribution is 0.0334. The van der Waals surface area contributed by atoms with Crippen LogP contribution in [-0.2, 0) is 4.74 Å². The van der Waals surface area contributed by atoms with E-state index in [9.17, 15) is 0 Å². The molecule has 0 amide bonds. The molecule has 9 heteroatoms. The van der Waals surface area contributed by atoms with E-state index >= 15 is 0 Å². The Morgan fingerprint density at radius 1 is 1.06 bits per heavy atom. The number of nitrogens with zero attached hydrogens (tertiary/aromatic N) is 6. The van der Waals surface area contributed by atoms with Gasteiger partial charge in [0.15, 0.2) is 0 Å². The van der Waals surface area contributed by atoms with Crippen molar-refractivity contribution >= 4 is 22.9 Å². The van der Waals surface area contributed by atoms with E-state index in [0.717, 1.165) is 80.3 Å². The maximum absolute atomic E-state index is 5.49. The molecule has 1 fully saturated rings. The van der Waals surface area contributed by atoms with E-state index in [1.807, 2.05) is 18.2 Å². The third kappa shape index (κ3) is 3.82. The van der Waals surface area contributed by atoms with Crippen molar-refractivity contribution < 1.29 is 9.47 Å². The fraction of sp³-hybridized carbons (Fsp3) is 0.417. The van der Waals surface area contributed by atoms with Crippen molar-refractivity contribution in [1.29, 1.82) is 0 Å². The van der Waals surface area contributed by atoms with E-state index in [-0.39, 0.29) is 6.17 Å². The molecule has 9 nitrogen and oxygen atoms in total. The van der Waals surface area contributed by atoms with Gasteiger partial charge in [0.25, 0.3) is 0 Å². The monoisotopic (exact) mass is 447 g/mol. The summed E-state index contributed by atoms with van der Waals surface area (Å²) in [7, 11) is 1.70. The second-order valence-electron chi connectivity index (χ2n) is 8.64. The van der Waals surface area contributed by atoms with Crippen molar-refractivity contribution in [1.82, 2.24) is 24.7 Å². The Morgan fingerprint density at radius 3 is 2.79 bits per heavy atom. The number of benzene rings is 2. The second kappa shape index (κ2) is 8.66. The molecule has 0 bridgehead atoms. The SMILES string of the molecule is COc1cccc([C@H]2NC3=NCN(CCN4CCOCC4)CN3c3nc4ccccc4n32)c1. The summed E-state index contributed by atoms with van der Waals surface area (Å²) in [6.07, 6.45) is -0.114. The largest absolute Gasteiger partial charge is 0.497 e. The number of rotatable bonds is 5. The van der Waals surface area contributed by atoms with Crippen LogP contribution in [0.4, 0.5) is 5.95 Å². The molecule has 1 saturated heterocycles. The summed E-state index contributed by atoms with van der Waals surface area (Å²) in [5.74, 6) is 2.62. The molecule has 3 aromatic rings. The van der Waals surface area contributed by atoms with Gasteiger partial charge in [-0.3, -0.25) is 19.3 Å². The number of hydrogen-bond acceptors (Lipinski definition) is 8. The number of guanidine groups is 1. The first-order valence-corrected chi connectivity index (χ1v) is 11.5. The zero-order chi connectivity index (χ0) is 22.2. The van der Waals surface area contributed by atoms with Crippen LogP contribution in [0.25, 0.3) is 11.0 Å². The van der Waals surface area contributed by atoms with Gasteiger partial charge in [0.1, 0.15) is 11.9 Å². The molecule has 1 N–H and O–H groups in total. The number of hydrogen-bond donors (Lipinski definition) is 1. The Bertz CT molecular complexity index is 1170. The first kappa shape index (κ1) is 20.5. The van der Waals surface area contributed by atoms with Gasteiger partial charge in [-0.15, -0.1) is 0 Å². The van der Waals surface area contributed by atoms with Crippen LogP contribution in [0.1, 0.15) is 11.7 Å². The molecule has 172 valence electrons. The van der Waals surface area contributed by atoms with Gasteiger partial charge < -0.3 is 14.8 Å². The number of methoxy groups -OCH3 is 1. The molecular formula is C24H29N7O2. The molecule has 1 aromatic heterocycles. The van der Waals surface area contributed by atoms with E-state index < -0.39 is 0 Å². The first-order chi connectivity index (χ1) is 16.3. The van der Waals surface area contributed by atoms with Gasteiger partial charge in [0, 0.05) is 26.2 Å². The van der Waals surface area contributed by atoms with E-state index in [0.29, 0.717) is 6.67 Å². The molecule has 3 aliphatic heterocycles. The Hall–Kier alpha value is -3.14. The van der Waals surface area contributed by atoms with Crippen molar-refractivity contribution in [3.63, 3.8) is 0 Å². The first-order valence-electron chi connectivity index (χ1n) is 11.5. The van der Waals surface area contributed by atoms with Gasteiger partial charge >= 0.3 is 0 Å². The average Bonchev–Trinajstić information content (AvgIpc) is 3.28. The Labute approximate surface area is 193 Å². The standard InChI is InChI=1S/C24H29N7O2/c1-32-19-6-4-5-18(15-19)22-27-23-25-16-29(10-9-28-11-13-33-14-12-28)17-30(23)24-26-20-7-2-3-8-21(20)31(22)24/h2-8,15,22H,9-14,16-17H2,1H3,(H,25,27)/t22-/m0/s1. The minimum Gasteiger partial charge on any atom is -0.497 e. The van der Waals surface area contributed by atoms with Gasteiger partial charge in [-0.25, -0.2) is 9.98 Å². The highest BCUT2D eigenvalue weighted by atomic mass is 16.5. The van der Waals surface area contributed by atoms with Crippen LogP contribution in [-0.4, -0.2) is 85.2 Å². The van der Waals surface area contributed by atoms with E-state index in [1.165, 1.54) is 0 Å². The highest BCUT2D eigenvalue weighted by molar-refractivity contribution is 5.98. The molecule has 1 atom stereocenters. The molecule has 2 aromatic carbocycles. The molecule has 0 saturated carbocycles. The highest BCUT2D eigenvalue weighted by Gasteiger charge is 2.36. The number of para-hydroxylation sites is 2. The Kier molecular flexibility index (Phi) is 5.37. The van der Waals surface area contributed by atoms with Gasteiger partial charge in [0.2, 0.25) is 11.9 Å². The number of morpholine rings is 1. The molecule has 0 aliphatic carbocycles. The van der Waals surface area contributed by atoms with E-state index in [4.69, 9.17) is 19.5 Å². The zero-order valence-electron chi connectivity index (χ0n) is 18.9. The predicted octanol–water partition coefficient (Wildman–Crippen LogP) is 1.92. The van der Waals surface area contributed by atoms with Crippen molar-refractivity contribution in [3.05, 3.63) is 54.1 Å². The van der Waals surface area contributed by atoms with Gasteiger partial charge in [-0.05, 0) is 29.8 Å². The number of nitrogens with one attached hydrogen (secondary N) is 1. The topological polar surface area (TPSA) is 70.4 Å². The maximum atomic E-state index is 5.49. The van der Waals surface area contributed by atoms with Crippen LogP contribution in [0.2, 0.25) is 0 Å². The third-order valence-electron chi connectivity index (χ3n) is 6.61. The summed E-state index contributed by atoms with van der Waals surface area (Å²) in [5, 5.41) is 3.67. The van der Waals surface area contributed by atoms with Gasteiger partial charge in [0.05, 0.1) is 44.7 Å². The summed E-state index contributed by atoms with van der Waals surface area (Å²) in [6.45, 7) is 7.09. The molecule has 3 aliphatic rings. The maximum Gasteiger partial charge on any atom is 0.216 e. The molecular weight excluding hydrogens is 418 g/mol. The average molecular weight is 448 g/mol. The van der Waals surface area contributed by atoms with Crippen LogP contribution in [0.15, 0.2) is 53.5 Å². The van der Waals surface area contributed by atoms with Crippen molar-refractivity contribution in [2.45, 2.75) is 6.17 Å². The van der Waals surface area contributed by atoms with Crippen LogP contribution < -0.4 is 15.0 Å². The Morgan fingerprint density at radius 2 is 1.91 bits per heavy atom. The summed E-state index contributed by atoms with van der Waals surface area (Å²) in [5.41, 5.74) is 3.18. The summed E-state index contributed by atoms with van der Waals surface area (Å²) in [6, 6.07) is 16.5. The summed E-state index contributed by atoms with van der Waals surface area (Å²) >= 11 is 0. The fourth-order valence-corrected chi connectivity index (χ4v) is 4.80. The van der Waals surface area contributed by atoms with Crippen LogP contribution in [0, 0.1) is 0 Å². The van der Waals surface area contributed by atoms with Crippen LogP contribution >= 0.6 is 0 Å². The number of fused-ring (bicyclic) bond motifs is 5. The smallest absolute Gasteiger partial charge is 0.216 e. The van der Waals surface area contributed by atoms with E-state index in [1.54, 1.807) is 7.11 Å². The number of aromatic nitrogens is 2. The molecule has 0 unspecified atom stereocenters. The number of aliphatic imine (C=N–C) groups is 1. The summed E-state index contributed by atoms with van der Waals surface area (Å²) in [4.78, 5) is 17.0. The van der Waals surface area contributed by atoms with Crippen LogP contribution in [0.3, 0.4) is 0 Å². The molecule has 0 radical (unpaired) electrons. The molecule has 33 heavy (non-hydrogen) atoms. The molecule has 0 spiro atoms. The fourth-order valence-electron chi connectivity index (χ4n) is 4.80. The van der Waals surface area contributed by atoms with Crippen LogP contribution in [0.5, 0.6) is 5.75 Å². The van der Waals surface area contributed by atoms with Gasteiger partial charge in [-0.1, -0.05) is 24.3 Å². The Balaban J connectivity index is 1.32. The minimum atomic E-state index is -0.114. The highest BCUT2D eigenvalue weighted by Crippen LogP contribution is 2.34. The quantitative estimate of drug-likeness (QED) is 0.641. The number of imidazole rings is 1. The van der Waals surface area contributed by atoms with Crippen molar-refractivity contribution in [3.8, 4) is 5.75 Å². The molecule has 6 rings (SSSR count). The number of ether oxygens (including phenoxy) is 2. The third-order valence-corrected chi connectivity index (χ3v) is 6.61. The lowest BCUT2D eigenvalue weighted by Crippen LogP contribution is -2.58. The zero-order valence-corrected chi connectivity index (χ0v) is 18.9. The van der Waals surface area contributed by atoms with Crippen molar-refractivity contribution in [2.75, 3.05) is 64.7 Å². The molecule has 4 heterocycles. The van der Waals surface area contributed by atoms with Gasteiger partial charge in [-0.2, -0.15) is 0 Å². The van der Waals surface area contributed by atoms with Crippen molar-refractivity contribution in [2.24, 2.45) is 4.99 Å². The number of anilines is 1. The lowest BCUT2D eigenvalue weighted by atomic mass is 10.1. The van der Waals surface area contributed by atoms with E-state index in [2.05, 4.69) is 54.9 Å². The normalized spacial score (nSPS) is 21.3.